The number of amides is 1. The molecule has 1 atom stereocenters. The molecule has 0 bridgehead atoms. The number of methoxy groups -OCH3 is 1. The quantitative estimate of drug-likeness (QED) is 0.394. The van der Waals surface area contributed by atoms with Crippen LogP contribution in [0, 0.1) is 17.5 Å². The number of carbonyl (C=O) groups excluding carboxylic acids is 1. The molecule has 0 aliphatic heterocycles. The van der Waals surface area contributed by atoms with Crippen molar-refractivity contribution < 1.29 is 36.0 Å². The van der Waals surface area contributed by atoms with E-state index in [0.717, 1.165) is 20.1 Å². The summed E-state index contributed by atoms with van der Waals surface area (Å²) in [4.78, 5) is 13.2. The van der Waals surface area contributed by atoms with Crippen molar-refractivity contribution in [3.05, 3.63) is 64.1 Å². The highest BCUT2D eigenvalue weighted by molar-refractivity contribution is 7.91. The predicted molar refractivity (Wildman–Crippen MR) is 119 cm³/mol. The van der Waals surface area contributed by atoms with Gasteiger partial charge in [-0.2, -0.15) is 13.2 Å². The summed E-state index contributed by atoms with van der Waals surface area (Å²) < 4.78 is 85.0. The number of alkyl halides is 3. The number of halogens is 5. The highest BCUT2D eigenvalue weighted by Crippen LogP contribution is 2.41. The Morgan fingerprint density at radius 2 is 1.86 bits per heavy atom. The van der Waals surface area contributed by atoms with Crippen molar-refractivity contribution in [3.8, 4) is 17.4 Å². The Kier molecular flexibility index (Phi) is 7.22. The zero-order chi connectivity index (χ0) is 26.1. The van der Waals surface area contributed by atoms with Gasteiger partial charge in [0.05, 0.1) is 21.9 Å². The van der Waals surface area contributed by atoms with E-state index in [4.69, 9.17) is 25.9 Å². The van der Waals surface area contributed by atoms with Crippen LogP contribution < -0.4 is 14.8 Å². The Hall–Kier alpha value is -3.45. The van der Waals surface area contributed by atoms with Gasteiger partial charge < -0.3 is 14.8 Å². The predicted octanol–water partition coefficient (Wildman–Crippen LogP) is 5.68. The number of benzene rings is 2. The van der Waals surface area contributed by atoms with Crippen LogP contribution in [0.5, 0.6) is 17.4 Å². The van der Waals surface area contributed by atoms with Crippen LogP contribution in [-0.4, -0.2) is 33.7 Å². The molecule has 0 aliphatic rings. The Labute approximate surface area is 202 Å². The molecule has 8 nitrogen and oxygen atoms in total. The number of aromatic nitrogens is 2. The summed E-state index contributed by atoms with van der Waals surface area (Å²) in [6, 6.07) is 7.52. The minimum Gasteiger partial charge on any atom is -0.491 e. The van der Waals surface area contributed by atoms with Gasteiger partial charge in [0.15, 0.2) is 17.3 Å². The highest BCUT2D eigenvalue weighted by atomic mass is 35.5. The summed E-state index contributed by atoms with van der Waals surface area (Å²) in [5.74, 6) is -3.74. The molecule has 3 aromatic rings. The third-order valence-corrected chi connectivity index (χ3v) is 6.09. The number of nitrogens with zero attached hydrogens (tertiary/aromatic N) is 2. The lowest BCUT2D eigenvalue weighted by Crippen LogP contribution is -2.21. The fraction of sp³-hybridized carbons (Fsp3) is 0.190. The number of nitrogens with one attached hydrogen (secondary N) is 2. The van der Waals surface area contributed by atoms with E-state index in [1.165, 1.54) is 36.6 Å². The van der Waals surface area contributed by atoms with E-state index >= 15 is 0 Å². The molecule has 35 heavy (non-hydrogen) atoms. The first-order chi connectivity index (χ1) is 16.2. The molecule has 14 heteroatoms. The average Bonchev–Trinajstić information content (AvgIpc) is 2.75. The van der Waals surface area contributed by atoms with Crippen LogP contribution in [0.15, 0.2) is 41.3 Å². The number of rotatable bonds is 6. The molecular weight excluding hydrogens is 516 g/mol. The number of hydrogen-bond donors (Lipinski definition) is 2. The molecule has 1 amide bonds. The lowest BCUT2D eigenvalue weighted by atomic mass is 10.1. The van der Waals surface area contributed by atoms with Crippen LogP contribution in [0.3, 0.4) is 0 Å². The van der Waals surface area contributed by atoms with Crippen molar-refractivity contribution in [2.75, 3.05) is 18.7 Å². The van der Waals surface area contributed by atoms with Gasteiger partial charge in [0, 0.05) is 16.8 Å². The smallest absolute Gasteiger partial charge is 0.435 e. The SMILES string of the molecule is COc1c(Cl)ccc(F)c1Oc1nnc(C(F)(F)F)c(C)c1C(=O)Nc1cccc(S(C)(=N)=O)c1. The molecule has 0 saturated carbocycles. The topological polar surface area (TPSA) is 114 Å². The molecule has 0 spiro atoms. The van der Waals surface area contributed by atoms with E-state index in [0.29, 0.717) is 0 Å². The average molecular weight is 533 g/mol. The van der Waals surface area contributed by atoms with E-state index in [9.17, 15) is 26.6 Å². The molecule has 0 aliphatic carbocycles. The molecule has 3 rings (SSSR count). The van der Waals surface area contributed by atoms with E-state index in [-0.39, 0.29) is 21.4 Å². The van der Waals surface area contributed by atoms with Gasteiger partial charge in [-0.15, -0.1) is 10.2 Å². The van der Waals surface area contributed by atoms with E-state index in [1.807, 2.05) is 0 Å². The van der Waals surface area contributed by atoms with Crippen LogP contribution in [0.1, 0.15) is 21.6 Å². The van der Waals surface area contributed by atoms with Gasteiger partial charge in [-0.1, -0.05) is 17.7 Å². The largest absolute Gasteiger partial charge is 0.491 e. The van der Waals surface area contributed by atoms with Crippen LogP contribution in [0.2, 0.25) is 5.02 Å². The summed E-state index contributed by atoms with van der Waals surface area (Å²) in [6.07, 6.45) is -3.79. The zero-order valence-electron chi connectivity index (χ0n) is 18.3. The maximum absolute atomic E-state index is 14.5. The van der Waals surface area contributed by atoms with Crippen molar-refractivity contribution in [2.24, 2.45) is 0 Å². The molecule has 1 unspecified atom stereocenters. The molecule has 1 heterocycles. The summed E-state index contributed by atoms with van der Waals surface area (Å²) in [5, 5.41) is 8.77. The maximum atomic E-state index is 14.5. The zero-order valence-corrected chi connectivity index (χ0v) is 19.9. The summed E-state index contributed by atoms with van der Waals surface area (Å²) >= 11 is 5.97. The van der Waals surface area contributed by atoms with Crippen molar-refractivity contribution in [1.82, 2.24) is 10.2 Å². The molecule has 0 radical (unpaired) electrons. The Morgan fingerprint density at radius 3 is 2.46 bits per heavy atom. The Bertz CT molecular complexity index is 1420. The first-order valence-corrected chi connectivity index (χ1v) is 11.9. The summed E-state index contributed by atoms with van der Waals surface area (Å²) in [6.45, 7) is 0.976. The van der Waals surface area contributed by atoms with Gasteiger partial charge in [-0.25, -0.2) is 13.4 Å². The van der Waals surface area contributed by atoms with Crippen molar-refractivity contribution in [2.45, 2.75) is 18.0 Å². The van der Waals surface area contributed by atoms with Crippen LogP contribution >= 0.6 is 11.6 Å². The molecule has 1 aromatic heterocycles. The molecule has 186 valence electrons. The normalized spacial score (nSPS) is 13.1. The van der Waals surface area contributed by atoms with E-state index in [2.05, 4.69) is 15.5 Å². The third-order valence-electron chi connectivity index (χ3n) is 4.64. The summed E-state index contributed by atoms with van der Waals surface area (Å²) in [7, 11) is -1.98. The lowest BCUT2D eigenvalue weighted by molar-refractivity contribution is -0.142. The second-order valence-electron chi connectivity index (χ2n) is 7.17. The van der Waals surface area contributed by atoms with Crippen LogP contribution in [0.4, 0.5) is 23.2 Å². The standard InChI is InChI=1S/C21H17ClF4N4O4S/c1-10-15(19(31)28-11-5-4-6-12(9-11)35(3,27)32)20(30-29-18(10)21(24,25)26)34-17-14(23)8-7-13(22)16(17)33-2/h4-9,27H,1-3H3,(H,28,31). The Morgan fingerprint density at radius 1 is 1.17 bits per heavy atom. The highest BCUT2D eigenvalue weighted by Gasteiger charge is 2.38. The lowest BCUT2D eigenvalue weighted by Gasteiger charge is -2.17. The number of ether oxygens (including phenoxy) is 2. The number of carbonyl (C=O) groups is 1. The van der Waals surface area contributed by atoms with E-state index < -0.39 is 56.1 Å². The van der Waals surface area contributed by atoms with Gasteiger partial charge in [0.25, 0.3) is 11.8 Å². The molecule has 2 aromatic carbocycles. The van der Waals surface area contributed by atoms with Crippen LogP contribution in [0.25, 0.3) is 0 Å². The van der Waals surface area contributed by atoms with Gasteiger partial charge in [-0.05, 0) is 42.8 Å². The molecular formula is C21H17ClF4N4O4S. The van der Waals surface area contributed by atoms with Crippen molar-refractivity contribution in [1.29, 1.82) is 4.78 Å². The van der Waals surface area contributed by atoms with Gasteiger partial charge in [0.1, 0.15) is 5.56 Å². The number of hydrogen-bond acceptors (Lipinski definition) is 7. The minimum absolute atomic E-state index is 0.0385. The number of anilines is 1. The fourth-order valence-electron chi connectivity index (χ4n) is 3.01. The van der Waals surface area contributed by atoms with Gasteiger partial charge in [0.2, 0.25) is 5.75 Å². The maximum Gasteiger partial charge on any atom is 0.435 e. The first-order valence-electron chi connectivity index (χ1n) is 9.53. The van der Waals surface area contributed by atoms with Crippen molar-refractivity contribution in [3.63, 3.8) is 0 Å². The van der Waals surface area contributed by atoms with Crippen LogP contribution in [-0.2, 0) is 15.9 Å². The van der Waals surface area contributed by atoms with Gasteiger partial charge in [-0.3, -0.25) is 4.79 Å². The van der Waals surface area contributed by atoms with Crippen molar-refractivity contribution >= 4 is 32.9 Å². The summed E-state index contributed by atoms with van der Waals surface area (Å²) in [5.41, 5.74) is -2.75. The third kappa shape index (κ3) is 5.62. The molecule has 2 N–H and O–H groups in total. The first kappa shape index (κ1) is 26.2. The molecule has 0 fully saturated rings. The second kappa shape index (κ2) is 9.66. The van der Waals surface area contributed by atoms with E-state index in [1.54, 1.807) is 0 Å². The molecule has 0 saturated heterocycles. The fourth-order valence-corrected chi connectivity index (χ4v) is 3.93. The monoisotopic (exact) mass is 532 g/mol. The Balaban J connectivity index is 2.14. The minimum atomic E-state index is -4.96. The second-order valence-corrected chi connectivity index (χ2v) is 9.74. The van der Waals surface area contributed by atoms with Gasteiger partial charge >= 0.3 is 6.18 Å².